The molecule has 0 bridgehead atoms. The first-order chi connectivity index (χ1) is 1.00. The molecule has 0 unspecified atom stereocenters. The molecule has 0 aromatic rings. The summed E-state index contributed by atoms with van der Waals surface area (Å²) in [5.41, 5.74) is 0. The molecule has 0 fully saturated rings. The van der Waals surface area contributed by atoms with E-state index in [2.05, 4.69) is 0 Å². The van der Waals surface area contributed by atoms with Gasteiger partial charge in [0.15, 0.2) is 0 Å². The predicted octanol–water partition coefficient (Wildman–Crippen LogP) is -5.00. The average molecular weight is 321 g/mol. The van der Waals surface area contributed by atoms with E-state index in [1.54, 1.807) is 0 Å². The molecule has 0 aliphatic carbocycles. The molecular weight excluding hydrogens is 315 g/mol. The van der Waals surface area contributed by atoms with Crippen molar-refractivity contribution < 1.29 is 80.8 Å². The van der Waals surface area contributed by atoms with Gasteiger partial charge in [-0.3, -0.25) is 0 Å². The minimum Gasteiger partial charge on any atom is -1.00 e. The van der Waals surface area contributed by atoms with Crippen LogP contribution in [0, 0.1) is 26.7 Å². The quantitative estimate of drug-likeness (QED) is 0.324. The van der Waals surface area contributed by atoms with Gasteiger partial charge >= 0.3 is 39.0 Å². The van der Waals surface area contributed by atoms with Crippen molar-refractivity contribution >= 4 is 0 Å². The molecule has 0 rings (SSSR count). The van der Waals surface area contributed by atoms with Crippen molar-refractivity contribution in [2.75, 3.05) is 0 Å². The van der Waals surface area contributed by atoms with Crippen LogP contribution in [-0.4, -0.2) is 0 Å². The first-order valence-corrected chi connectivity index (χ1v) is 0.224. The Hall–Kier alpha value is 1.84. The van der Waals surface area contributed by atoms with E-state index in [1.165, 1.54) is 0 Å². The van der Waals surface area contributed by atoms with Crippen molar-refractivity contribution in [3.63, 3.8) is 0 Å². The number of rotatable bonds is 0. The predicted molar refractivity (Wildman–Crippen MR) is 17.8 cm³/mol. The maximum atomic E-state index is 6.25. The minimum absolute atomic E-state index is 0. The zero-order valence-electron chi connectivity index (χ0n) is 5.42. The van der Waals surface area contributed by atoms with Crippen molar-refractivity contribution in [2.24, 2.45) is 0 Å². The summed E-state index contributed by atoms with van der Waals surface area (Å²) in [6, 6.07) is 0. The largest absolute Gasteiger partial charge is 2.00 e. The van der Waals surface area contributed by atoms with Gasteiger partial charge in [0.25, 0.3) is 0 Å². The van der Waals surface area contributed by atoms with Crippen LogP contribution < -0.4 is 24.8 Å². The second kappa shape index (κ2) is 228. The molecule has 0 atom stereocenters. The summed E-state index contributed by atoms with van der Waals surface area (Å²) >= 11 is 0. The number of hydrogen-bond acceptors (Lipinski definition) is 1. The van der Waals surface area contributed by atoms with Gasteiger partial charge in [0.2, 0.25) is 0 Å². The molecule has 0 saturated heterocycles. The standard InChI is InChI=1S/CN.2CH3.2ClH.Cu.2Zn/c1-2;;;;;;;/h;2*1H3;2*1H;;;/q-1;;;;;;2*+2/p-2. The molecule has 0 aromatic heterocycles. The van der Waals surface area contributed by atoms with E-state index < -0.39 is 0 Å². The van der Waals surface area contributed by atoms with E-state index in [9.17, 15) is 0 Å². The van der Waals surface area contributed by atoms with Crippen molar-refractivity contribution in [1.29, 1.82) is 5.26 Å². The summed E-state index contributed by atoms with van der Waals surface area (Å²) in [7, 11) is 0. The number of halogens is 2. The van der Waals surface area contributed by atoms with Crippen molar-refractivity contribution in [1.82, 2.24) is 0 Å². The van der Waals surface area contributed by atoms with Gasteiger partial charge in [-0.25, -0.2) is 0 Å². The second-order valence-electron chi connectivity index (χ2n) is 0. The third-order valence-corrected chi connectivity index (χ3v) is 0. The Morgan fingerprint density at radius 2 is 0.778 bits per heavy atom. The van der Waals surface area contributed by atoms with Gasteiger partial charge in [-0.15, -0.1) is 0 Å². The molecule has 0 amide bonds. The fourth-order valence-corrected chi connectivity index (χ4v) is 0. The molecule has 0 aliphatic rings. The van der Waals surface area contributed by atoms with Crippen LogP contribution in [0.15, 0.2) is 0 Å². The van der Waals surface area contributed by atoms with Crippen LogP contribution in [0.3, 0.4) is 0 Å². The van der Waals surface area contributed by atoms with Crippen LogP contribution in [0.5, 0.6) is 0 Å². The maximum absolute atomic E-state index is 6.25. The van der Waals surface area contributed by atoms with Gasteiger partial charge in [0.05, 0.1) is 0 Å². The monoisotopic (exact) mass is 317 g/mol. The molecule has 51 valence electrons. The molecule has 3 radical (unpaired) electrons. The van der Waals surface area contributed by atoms with Crippen molar-refractivity contribution in [3.05, 3.63) is 21.4 Å². The molecule has 0 aliphatic heterocycles. The third-order valence-electron chi connectivity index (χ3n) is 0. The molecule has 0 N–H and O–H groups in total. The minimum atomic E-state index is 0. The third kappa shape index (κ3) is 179. The molecule has 0 heterocycles. The van der Waals surface area contributed by atoms with Crippen LogP contribution in [0.25, 0.3) is 0 Å². The summed E-state index contributed by atoms with van der Waals surface area (Å²) < 4.78 is 0. The van der Waals surface area contributed by atoms with E-state index in [-0.39, 0.29) is 95.7 Å². The van der Waals surface area contributed by atoms with Gasteiger partial charge in [0.1, 0.15) is 0 Å². The Labute approximate surface area is 107 Å². The second-order valence-corrected chi connectivity index (χ2v) is 0. The Balaban J connectivity index is -0.000000000238. The van der Waals surface area contributed by atoms with Gasteiger partial charge in [-0.1, -0.05) is 14.9 Å². The summed E-state index contributed by atoms with van der Waals surface area (Å²) in [5.74, 6) is 0. The van der Waals surface area contributed by atoms with E-state index >= 15 is 0 Å². The molecule has 1 nitrogen and oxygen atoms in total. The summed E-state index contributed by atoms with van der Waals surface area (Å²) in [6.07, 6.45) is 0. The fraction of sp³-hybridized carbons (Fsp3) is 0. The Morgan fingerprint density at radius 3 is 0.778 bits per heavy atom. The summed E-state index contributed by atoms with van der Waals surface area (Å²) in [4.78, 5) is 0. The van der Waals surface area contributed by atoms with Crippen LogP contribution in [-0.2, 0) is 56.0 Å². The van der Waals surface area contributed by atoms with Crippen LogP contribution in [0.2, 0.25) is 0 Å². The first kappa shape index (κ1) is 130. The van der Waals surface area contributed by atoms with E-state index in [0.29, 0.717) is 0 Å². The Morgan fingerprint density at radius 1 is 0.778 bits per heavy atom. The molecule has 0 aromatic carbocycles. The van der Waals surface area contributed by atoms with Gasteiger partial charge in [0, 0.05) is 17.1 Å². The Kier molecular flexibility index (Phi) is 3300. The smallest absolute Gasteiger partial charge is 1.00 e. The summed E-state index contributed by atoms with van der Waals surface area (Å²) in [6.45, 7) is 4.75. The van der Waals surface area contributed by atoms with Crippen molar-refractivity contribution in [2.45, 2.75) is 0 Å². The number of nitrogens with zero attached hydrogens (tertiary/aromatic N) is 1. The molecule has 9 heavy (non-hydrogen) atoms. The number of hydrogen-bond donors (Lipinski definition) is 0. The topological polar surface area (TPSA) is 23.8 Å². The maximum Gasteiger partial charge on any atom is 2.00 e. The Bertz CT molecular complexity index is 24.5. The van der Waals surface area contributed by atoms with Crippen molar-refractivity contribution in [3.8, 4) is 0 Å². The molecule has 6 heteroatoms. The van der Waals surface area contributed by atoms with E-state index in [4.69, 9.17) is 11.8 Å². The molecule has 0 saturated carbocycles. The van der Waals surface area contributed by atoms with Crippen LogP contribution >= 0.6 is 0 Å². The average Bonchev–Trinajstić information content (AvgIpc) is 1.00. The first-order valence-electron chi connectivity index (χ1n) is 0.224. The van der Waals surface area contributed by atoms with Gasteiger partial charge in [-0.2, -0.15) is 0 Å². The molecule has 0 spiro atoms. The van der Waals surface area contributed by atoms with Crippen LogP contribution in [0.4, 0.5) is 0 Å². The SMILES string of the molecule is [C-]#N.[CH3].[CH3].[Cl-].[Cl-].[Cu].[Zn+2].[Zn+2]. The van der Waals surface area contributed by atoms with E-state index in [1.807, 2.05) is 0 Å². The van der Waals surface area contributed by atoms with Crippen LogP contribution in [0.1, 0.15) is 0 Å². The van der Waals surface area contributed by atoms with Gasteiger partial charge < -0.3 is 36.6 Å². The zero-order valence-corrected chi connectivity index (χ0v) is 13.8. The summed E-state index contributed by atoms with van der Waals surface area (Å²) in [5, 5.41) is 6.25. The normalized spacial score (nSPS) is 0.222. The molecular formula is C3H6Cl2CuNZn2+. The van der Waals surface area contributed by atoms with Gasteiger partial charge in [-0.05, 0) is 0 Å². The van der Waals surface area contributed by atoms with E-state index in [0.717, 1.165) is 0 Å². The zero-order chi connectivity index (χ0) is 2.00. The fourth-order valence-electron chi connectivity index (χ4n) is 0.